The Morgan fingerprint density at radius 1 is 1.41 bits per heavy atom. The number of halogens is 1. The largest absolute Gasteiger partial charge is 0.465 e. The summed E-state index contributed by atoms with van der Waals surface area (Å²) in [5, 5.41) is 3.73. The van der Waals surface area contributed by atoms with E-state index in [2.05, 4.69) is 5.32 Å². The average Bonchev–Trinajstić information content (AvgIpc) is 2.27. The van der Waals surface area contributed by atoms with Gasteiger partial charge in [0.15, 0.2) is 0 Å². The van der Waals surface area contributed by atoms with Crippen molar-refractivity contribution in [2.24, 2.45) is 0 Å². The topological polar surface area (TPSA) is 38.3 Å². The first kappa shape index (κ1) is 14.0. The third kappa shape index (κ3) is 4.02. The molecular formula is C13H18ClNO2. The van der Waals surface area contributed by atoms with Crippen LogP contribution in [0.25, 0.3) is 0 Å². The van der Waals surface area contributed by atoms with E-state index in [1.165, 1.54) is 0 Å². The van der Waals surface area contributed by atoms with Gasteiger partial charge in [-0.05, 0) is 32.4 Å². The summed E-state index contributed by atoms with van der Waals surface area (Å²) >= 11 is 6.10. The van der Waals surface area contributed by atoms with Crippen LogP contribution in [0.3, 0.4) is 0 Å². The monoisotopic (exact) mass is 255 g/mol. The number of benzene rings is 1. The van der Waals surface area contributed by atoms with Gasteiger partial charge in [-0.15, -0.1) is 0 Å². The van der Waals surface area contributed by atoms with Gasteiger partial charge in [-0.3, -0.25) is 5.32 Å². The quantitative estimate of drug-likeness (QED) is 0.822. The van der Waals surface area contributed by atoms with E-state index < -0.39 is 6.04 Å². The van der Waals surface area contributed by atoms with Crippen LogP contribution < -0.4 is 5.32 Å². The average molecular weight is 256 g/mol. The van der Waals surface area contributed by atoms with Gasteiger partial charge in [0, 0.05) is 11.1 Å². The van der Waals surface area contributed by atoms with Crippen LogP contribution in [0.2, 0.25) is 5.02 Å². The van der Waals surface area contributed by atoms with E-state index >= 15 is 0 Å². The van der Waals surface area contributed by atoms with Crippen molar-refractivity contribution in [1.82, 2.24) is 5.32 Å². The molecule has 0 bridgehead atoms. The van der Waals surface area contributed by atoms with Crippen LogP contribution in [0, 0.1) is 0 Å². The Morgan fingerprint density at radius 2 is 2.06 bits per heavy atom. The molecule has 0 aromatic heterocycles. The minimum atomic E-state index is -0.511. The van der Waals surface area contributed by atoms with Crippen LogP contribution in [0.15, 0.2) is 24.3 Å². The van der Waals surface area contributed by atoms with Gasteiger partial charge >= 0.3 is 5.97 Å². The molecule has 1 aromatic rings. The Kier molecular flexibility index (Phi) is 5.45. The molecule has 0 aliphatic heterocycles. The fourth-order valence-corrected chi connectivity index (χ4v) is 1.80. The zero-order valence-electron chi connectivity index (χ0n) is 10.4. The van der Waals surface area contributed by atoms with Gasteiger partial charge in [0.05, 0.1) is 6.61 Å². The summed E-state index contributed by atoms with van der Waals surface area (Å²) in [5.74, 6) is -0.297. The lowest BCUT2D eigenvalue weighted by molar-refractivity contribution is -0.146. The first-order chi connectivity index (χ1) is 8.06. The molecule has 0 aliphatic rings. The number of carbonyl (C=O) groups is 1. The van der Waals surface area contributed by atoms with E-state index in [0.717, 1.165) is 5.56 Å². The third-order valence-corrected chi connectivity index (χ3v) is 2.58. The Hall–Kier alpha value is -1.06. The fraction of sp³-hybridized carbons (Fsp3) is 0.462. The lowest BCUT2D eigenvalue weighted by atomic mass is 10.1. The molecule has 1 rings (SSSR count). The molecule has 17 heavy (non-hydrogen) atoms. The van der Waals surface area contributed by atoms with Gasteiger partial charge in [-0.25, -0.2) is 4.79 Å². The number of esters is 1. The van der Waals surface area contributed by atoms with Crippen LogP contribution in [0.5, 0.6) is 0 Å². The van der Waals surface area contributed by atoms with Crippen molar-refractivity contribution < 1.29 is 9.53 Å². The van der Waals surface area contributed by atoms with Crippen molar-refractivity contribution in [3.8, 4) is 0 Å². The number of hydrogen-bond acceptors (Lipinski definition) is 3. The first-order valence-corrected chi connectivity index (χ1v) is 6.11. The highest BCUT2D eigenvalue weighted by Gasteiger charge is 2.24. The molecule has 0 aliphatic carbocycles. The molecule has 0 heterocycles. The van der Waals surface area contributed by atoms with Crippen molar-refractivity contribution in [2.75, 3.05) is 6.61 Å². The maximum absolute atomic E-state index is 11.9. The van der Waals surface area contributed by atoms with Crippen molar-refractivity contribution in [1.29, 1.82) is 0 Å². The van der Waals surface area contributed by atoms with Crippen LogP contribution in [-0.4, -0.2) is 18.6 Å². The van der Waals surface area contributed by atoms with Gasteiger partial charge in [0.25, 0.3) is 0 Å². The predicted molar refractivity (Wildman–Crippen MR) is 69.1 cm³/mol. The maximum atomic E-state index is 11.9. The van der Waals surface area contributed by atoms with Gasteiger partial charge < -0.3 is 4.74 Å². The zero-order chi connectivity index (χ0) is 12.8. The summed E-state index contributed by atoms with van der Waals surface area (Å²) in [6, 6.07) is 6.95. The number of hydrogen-bond donors (Lipinski definition) is 1. The van der Waals surface area contributed by atoms with E-state index in [1.807, 2.05) is 32.0 Å². The SMILES string of the molecule is CCOC(=O)C(NC(C)C)c1ccccc1Cl. The molecular weight excluding hydrogens is 238 g/mol. The second-order valence-corrected chi connectivity index (χ2v) is 4.44. The van der Waals surface area contributed by atoms with E-state index in [-0.39, 0.29) is 12.0 Å². The summed E-state index contributed by atoms with van der Waals surface area (Å²) < 4.78 is 5.05. The molecule has 1 aromatic carbocycles. The number of rotatable bonds is 5. The molecule has 0 amide bonds. The lowest BCUT2D eigenvalue weighted by Crippen LogP contribution is -2.35. The van der Waals surface area contributed by atoms with E-state index in [0.29, 0.717) is 11.6 Å². The second-order valence-electron chi connectivity index (χ2n) is 4.03. The van der Waals surface area contributed by atoms with Crippen molar-refractivity contribution >= 4 is 17.6 Å². The lowest BCUT2D eigenvalue weighted by Gasteiger charge is -2.20. The predicted octanol–water partition coefficient (Wildman–Crippen LogP) is 2.94. The summed E-state index contributed by atoms with van der Waals surface area (Å²) in [6.45, 7) is 6.10. The minimum Gasteiger partial charge on any atom is -0.465 e. The number of carbonyl (C=O) groups excluding carboxylic acids is 1. The standard InChI is InChI=1S/C13H18ClNO2/c1-4-17-13(16)12(15-9(2)3)10-7-5-6-8-11(10)14/h5-9,12,15H,4H2,1-3H3. The molecule has 0 saturated carbocycles. The zero-order valence-corrected chi connectivity index (χ0v) is 11.1. The Balaban J connectivity index is 2.97. The van der Waals surface area contributed by atoms with Gasteiger partial charge in [-0.2, -0.15) is 0 Å². The van der Waals surface area contributed by atoms with Crippen LogP contribution in [0.4, 0.5) is 0 Å². The van der Waals surface area contributed by atoms with E-state index in [1.54, 1.807) is 13.0 Å². The molecule has 1 atom stereocenters. The third-order valence-electron chi connectivity index (χ3n) is 2.24. The summed E-state index contributed by atoms with van der Waals surface area (Å²) in [4.78, 5) is 11.9. The van der Waals surface area contributed by atoms with Gasteiger partial charge in [0.2, 0.25) is 0 Å². The summed E-state index contributed by atoms with van der Waals surface area (Å²) in [7, 11) is 0. The molecule has 94 valence electrons. The molecule has 4 heteroatoms. The highest BCUT2D eigenvalue weighted by molar-refractivity contribution is 6.31. The fourth-order valence-electron chi connectivity index (χ4n) is 1.55. The summed E-state index contributed by atoms with van der Waals surface area (Å²) in [5.41, 5.74) is 0.751. The van der Waals surface area contributed by atoms with Crippen LogP contribution in [0.1, 0.15) is 32.4 Å². The molecule has 0 radical (unpaired) electrons. The van der Waals surface area contributed by atoms with Crippen molar-refractivity contribution in [3.63, 3.8) is 0 Å². The highest BCUT2D eigenvalue weighted by Crippen LogP contribution is 2.24. The Morgan fingerprint density at radius 3 is 2.59 bits per heavy atom. The Labute approximate surface area is 107 Å². The molecule has 1 unspecified atom stereocenters. The molecule has 0 saturated heterocycles. The van der Waals surface area contributed by atoms with E-state index in [9.17, 15) is 4.79 Å². The Bertz CT molecular complexity index is 379. The normalized spacial score (nSPS) is 12.5. The molecule has 1 N–H and O–H groups in total. The van der Waals surface area contributed by atoms with Crippen LogP contribution >= 0.6 is 11.6 Å². The number of nitrogens with one attached hydrogen (secondary N) is 1. The smallest absolute Gasteiger partial charge is 0.327 e. The highest BCUT2D eigenvalue weighted by atomic mass is 35.5. The first-order valence-electron chi connectivity index (χ1n) is 5.73. The molecule has 3 nitrogen and oxygen atoms in total. The minimum absolute atomic E-state index is 0.167. The van der Waals surface area contributed by atoms with Crippen molar-refractivity contribution in [3.05, 3.63) is 34.9 Å². The summed E-state index contributed by atoms with van der Waals surface area (Å²) in [6.07, 6.45) is 0. The number of ether oxygens (including phenoxy) is 1. The molecule has 0 fully saturated rings. The van der Waals surface area contributed by atoms with Gasteiger partial charge in [-0.1, -0.05) is 29.8 Å². The molecule has 0 spiro atoms. The van der Waals surface area contributed by atoms with Crippen molar-refractivity contribution in [2.45, 2.75) is 32.9 Å². The maximum Gasteiger partial charge on any atom is 0.327 e. The van der Waals surface area contributed by atoms with Gasteiger partial charge in [0.1, 0.15) is 6.04 Å². The second kappa shape index (κ2) is 6.62. The van der Waals surface area contributed by atoms with Crippen LogP contribution in [-0.2, 0) is 9.53 Å². The van der Waals surface area contributed by atoms with E-state index in [4.69, 9.17) is 16.3 Å².